The topological polar surface area (TPSA) is 57.0 Å². The fourth-order valence-electron chi connectivity index (χ4n) is 1.57. The van der Waals surface area contributed by atoms with Crippen LogP contribution in [0.1, 0.15) is 17.5 Å². The van der Waals surface area contributed by atoms with E-state index in [9.17, 15) is 9.18 Å². The van der Waals surface area contributed by atoms with Crippen molar-refractivity contribution in [3.8, 4) is 11.4 Å². The lowest BCUT2D eigenvalue weighted by atomic mass is 10.2. The summed E-state index contributed by atoms with van der Waals surface area (Å²) in [5.74, 6) is -0.503. The smallest absolute Gasteiger partial charge is 0.378 e. The summed E-state index contributed by atoms with van der Waals surface area (Å²) in [7, 11) is 1.65. The van der Waals surface area contributed by atoms with E-state index >= 15 is 0 Å². The molecule has 100 valence electrons. The average Bonchev–Trinajstić information content (AvgIpc) is 2.72. The van der Waals surface area contributed by atoms with Crippen LogP contribution in [0.5, 0.6) is 0 Å². The summed E-state index contributed by atoms with van der Waals surface area (Å²) >= 11 is 3.26. The lowest BCUT2D eigenvalue weighted by molar-refractivity contribution is 0.0512. The summed E-state index contributed by atoms with van der Waals surface area (Å²) in [6.45, 7) is 1.96. The van der Waals surface area contributed by atoms with Crippen molar-refractivity contribution in [2.75, 3.05) is 6.61 Å². The maximum atomic E-state index is 13.1. The van der Waals surface area contributed by atoms with Gasteiger partial charge in [-0.05, 0) is 41.1 Å². The van der Waals surface area contributed by atoms with Crippen molar-refractivity contribution < 1.29 is 13.9 Å². The van der Waals surface area contributed by atoms with Gasteiger partial charge in [0, 0.05) is 17.1 Å². The van der Waals surface area contributed by atoms with E-state index < -0.39 is 5.97 Å². The zero-order valence-electron chi connectivity index (χ0n) is 10.4. The highest BCUT2D eigenvalue weighted by atomic mass is 79.9. The zero-order chi connectivity index (χ0) is 14.0. The number of nitrogens with zero attached hydrogens (tertiary/aromatic N) is 3. The number of benzene rings is 1. The highest BCUT2D eigenvalue weighted by Gasteiger charge is 2.18. The Morgan fingerprint density at radius 1 is 1.53 bits per heavy atom. The second-order valence-electron chi connectivity index (χ2n) is 3.73. The number of carbonyl (C=O) groups is 1. The molecule has 0 saturated heterocycles. The Morgan fingerprint density at radius 2 is 2.26 bits per heavy atom. The largest absolute Gasteiger partial charge is 0.460 e. The number of rotatable bonds is 3. The molecule has 0 aliphatic rings. The lowest BCUT2D eigenvalue weighted by Gasteiger charge is -2.02. The molecular weight excluding hydrogens is 317 g/mol. The van der Waals surface area contributed by atoms with E-state index in [1.54, 1.807) is 20.0 Å². The van der Waals surface area contributed by atoms with Gasteiger partial charge in [0.05, 0.1) is 6.61 Å². The van der Waals surface area contributed by atoms with Crippen LogP contribution in [0.25, 0.3) is 11.4 Å². The Balaban J connectivity index is 2.43. The number of aryl methyl sites for hydroxylation is 1. The SMILES string of the molecule is CCOC(=O)c1nc(-c2ccc(F)cc2Br)n(C)n1. The van der Waals surface area contributed by atoms with E-state index in [-0.39, 0.29) is 18.2 Å². The van der Waals surface area contributed by atoms with E-state index in [2.05, 4.69) is 26.0 Å². The van der Waals surface area contributed by atoms with Crippen LogP contribution >= 0.6 is 15.9 Å². The van der Waals surface area contributed by atoms with Gasteiger partial charge in [-0.1, -0.05) is 0 Å². The second-order valence-corrected chi connectivity index (χ2v) is 4.58. The molecule has 2 rings (SSSR count). The molecule has 7 heteroatoms. The van der Waals surface area contributed by atoms with Crippen LogP contribution in [0.15, 0.2) is 22.7 Å². The molecule has 0 atom stereocenters. The van der Waals surface area contributed by atoms with Gasteiger partial charge in [0.25, 0.3) is 5.82 Å². The van der Waals surface area contributed by atoms with Crippen molar-refractivity contribution in [3.05, 3.63) is 34.3 Å². The third-order valence-electron chi connectivity index (χ3n) is 2.39. The quantitative estimate of drug-likeness (QED) is 0.813. The van der Waals surface area contributed by atoms with E-state index in [0.29, 0.717) is 15.9 Å². The van der Waals surface area contributed by atoms with Gasteiger partial charge in [-0.15, -0.1) is 5.10 Å². The van der Waals surface area contributed by atoms with Crippen molar-refractivity contribution in [1.82, 2.24) is 14.8 Å². The molecule has 0 aliphatic carbocycles. The molecule has 0 unspecified atom stereocenters. The lowest BCUT2D eigenvalue weighted by Crippen LogP contribution is -2.07. The predicted molar refractivity (Wildman–Crippen MR) is 70.1 cm³/mol. The molecule has 1 heterocycles. The molecule has 2 aromatic rings. The fraction of sp³-hybridized carbons (Fsp3) is 0.250. The van der Waals surface area contributed by atoms with Gasteiger partial charge >= 0.3 is 5.97 Å². The minimum absolute atomic E-state index is 0.0180. The van der Waals surface area contributed by atoms with Crippen molar-refractivity contribution in [3.63, 3.8) is 0 Å². The summed E-state index contributed by atoms with van der Waals surface area (Å²) < 4.78 is 19.9. The van der Waals surface area contributed by atoms with Crippen LogP contribution < -0.4 is 0 Å². The molecule has 0 amide bonds. The molecule has 0 aliphatic heterocycles. The van der Waals surface area contributed by atoms with Crippen molar-refractivity contribution >= 4 is 21.9 Å². The first kappa shape index (κ1) is 13.7. The third kappa shape index (κ3) is 2.81. The minimum atomic E-state index is -0.581. The molecule has 0 N–H and O–H groups in total. The van der Waals surface area contributed by atoms with Crippen molar-refractivity contribution in [2.45, 2.75) is 6.92 Å². The van der Waals surface area contributed by atoms with Crippen LogP contribution in [0.2, 0.25) is 0 Å². The number of esters is 1. The van der Waals surface area contributed by atoms with E-state index in [1.807, 2.05) is 0 Å². The minimum Gasteiger partial charge on any atom is -0.460 e. The highest BCUT2D eigenvalue weighted by Crippen LogP contribution is 2.27. The first-order chi connectivity index (χ1) is 9.02. The maximum absolute atomic E-state index is 13.1. The predicted octanol–water partition coefficient (Wildman–Crippen LogP) is 2.56. The average molecular weight is 328 g/mol. The first-order valence-electron chi connectivity index (χ1n) is 5.56. The summed E-state index contributed by atoms with van der Waals surface area (Å²) in [6.07, 6.45) is 0. The van der Waals surface area contributed by atoms with Crippen LogP contribution in [0.4, 0.5) is 4.39 Å². The third-order valence-corrected chi connectivity index (χ3v) is 3.05. The number of aromatic nitrogens is 3. The zero-order valence-corrected chi connectivity index (χ0v) is 11.9. The molecule has 1 aromatic heterocycles. The Bertz CT molecular complexity index is 627. The van der Waals surface area contributed by atoms with Gasteiger partial charge in [0.1, 0.15) is 5.82 Å². The number of hydrogen-bond acceptors (Lipinski definition) is 4. The van der Waals surface area contributed by atoms with Gasteiger partial charge in [-0.3, -0.25) is 0 Å². The molecule has 0 spiro atoms. The standard InChI is InChI=1S/C12H11BrFN3O2/c1-3-19-12(18)10-15-11(17(2)16-10)8-5-4-7(14)6-9(8)13/h4-6H,3H2,1-2H3. The van der Waals surface area contributed by atoms with Gasteiger partial charge in [0.2, 0.25) is 0 Å². The van der Waals surface area contributed by atoms with Crippen LogP contribution in [0, 0.1) is 5.82 Å². The van der Waals surface area contributed by atoms with Crippen molar-refractivity contribution in [1.29, 1.82) is 0 Å². The number of carbonyl (C=O) groups excluding carboxylic acids is 1. The maximum Gasteiger partial charge on any atom is 0.378 e. The van der Waals surface area contributed by atoms with Crippen LogP contribution in [-0.4, -0.2) is 27.3 Å². The number of ether oxygens (including phenoxy) is 1. The van der Waals surface area contributed by atoms with Gasteiger partial charge in [-0.25, -0.2) is 18.9 Å². The van der Waals surface area contributed by atoms with Crippen LogP contribution in [-0.2, 0) is 11.8 Å². The van der Waals surface area contributed by atoms with E-state index in [4.69, 9.17) is 4.74 Å². The fourth-order valence-corrected chi connectivity index (χ4v) is 2.10. The molecule has 5 nitrogen and oxygen atoms in total. The number of hydrogen-bond donors (Lipinski definition) is 0. The van der Waals surface area contributed by atoms with Gasteiger partial charge in [-0.2, -0.15) is 0 Å². The Labute approximate surface area is 117 Å². The summed E-state index contributed by atoms with van der Waals surface area (Å²) in [6, 6.07) is 4.21. The summed E-state index contributed by atoms with van der Waals surface area (Å²) in [5, 5.41) is 3.99. The second kappa shape index (κ2) is 5.48. The normalized spacial score (nSPS) is 10.5. The molecule has 0 bridgehead atoms. The highest BCUT2D eigenvalue weighted by molar-refractivity contribution is 9.10. The Kier molecular flexibility index (Phi) is 3.94. The van der Waals surface area contributed by atoms with Crippen LogP contribution in [0.3, 0.4) is 0 Å². The molecule has 1 aromatic carbocycles. The Hall–Kier alpha value is -1.76. The Morgan fingerprint density at radius 3 is 2.89 bits per heavy atom. The first-order valence-corrected chi connectivity index (χ1v) is 6.35. The van der Waals surface area contributed by atoms with Crippen molar-refractivity contribution in [2.24, 2.45) is 7.05 Å². The monoisotopic (exact) mass is 327 g/mol. The molecule has 0 radical (unpaired) electrons. The molecule has 0 saturated carbocycles. The molecule has 19 heavy (non-hydrogen) atoms. The van der Waals surface area contributed by atoms with Gasteiger partial charge in [0.15, 0.2) is 5.82 Å². The number of halogens is 2. The molecule has 0 fully saturated rings. The summed E-state index contributed by atoms with van der Waals surface area (Å²) in [4.78, 5) is 15.7. The van der Waals surface area contributed by atoms with E-state index in [1.165, 1.54) is 16.8 Å². The summed E-state index contributed by atoms with van der Waals surface area (Å²) in [5.41, 5.74) is 0.645. The van der Waals surface area contributed by atoms with E-state index in [0.717, 1.165) is 0 Å². The molecular formula is C12H11BrFN3O2. The van der Waals surface area contributed by atoms with Gasteiger partial charge < -0.3 is 4.74 Å².